The van der Waals surface area contributed by atoms with E-state index in [0.29, 0.717) is 12.1 Å². The van der Waals surface area contributed by atoms with Gasteiger partial charge >= 0.3 is 0 Å². The predicted octanol–water partition coefficient (Wildman–Crippen LogP) is 3.84. The number of benzene rings is 1. The molecule has 118 valence electrons. The van der Waals surface area contributed by atoms with Crippen molar-refractivity contribution in [1.29, 1.82) is 0 Å². The van der Waals surface area contributed by atoms with Gasteiger partial charge in [-0.25, -0.2) is 0 Å². The minimum absolute atomic E-state index is 0.416. The molecule has 0 radical (unpaired) electrons. The molecule has 1 aliphatic rings. The van der Waals surface area contributed by atoms with Crippen molar-refractivity contribution in [2.75, 3.05) is 24.6 Å². The maximum atomic E-state index is 6.47. The van der Waals surface area contributed by atoms with E-state index in [1.54, 1.807) is 0 Å². The van der Waals surface area contributed by atoms with E-state index in [9.17, 15) is 0 Å². The smallest absolute Gasteiger partial charge is 0.0642 e. The molecule has 0 amide bonds. The van der Waals surface area contributed by atoms with Crippen LogP contribution in [0.4, 0.5) is 5.69 Å². The third kappa shape index (κ3) is 4.87. The van der Waals surface area contributed by atoms with Crippen LogP contribution < -0.4 is 10.2 Å². The zero-order chi connectivity index (χ0) is 15.2. The van der Waals surface area contributed by atoms with Gasteiger partial charge in [0.05, 0.1) is 16.8 Å². The second kappa shape index (κ2) is 8.02. The maximum Gasteiger partial charge on any atom is 0.0642 e. The molecule has 0 aromatic heterocycles. The third-order valence-corrected chi connectivity index (χ3v) is 4.21. The fourth-order valence-corrected chi connectivity index (χ4v) is 3.06. The molecule has 1 aromatic carbocycles. The standard InChI is InChI=1S/C17H27ClN2O/c1-4-21-15-7-9-20(10-8-15)17-6-5-14(11-16(17)18)12-19-13(2)3/h5-6,11,13,15,19H,4,7-10,12H2,1-3H3. The third-order valence-electron chi connectivity index (χ3n) is 3.91. The Hall–Kier alpha value is -0.770. The predicted molar refractivity (Wildman–Crippen MR) is 90.3 cm³/mol. The molecule has 0 aliphatic carbocycles. The number of piperidine rings is 1. The molecule has 0 saturated carbocycles. The van der Waals surface area contributed by atoms with E-state index in [4.69, 9.17) is 16.3 Å². The van der Waals surface area contributed by atoms with Crippen molar-refractivity contribution in [3.63, 3.8) is 0 Å². The lowest BCUT2D eigenvalue weighted by Crippen LogP contribution is -2.37. The van der Waals surface area contributed by atoms with Crippen molar-refractivity contribution in [3.8, 4) is 0 Å². The molecule has 1 N–H and O–H groups in total. The van der Waals surface area contributed by atoms with Gasteiger partial charge in [0.25, 0.3) is 0 Å². The first-order valence-corrected chi connectivity index (χ1v) is 8.36. The first kappa shape index (κ1) is 16.6. The van der Waals surface area contributed by atoms with E-state index in [2.05, 4.69) is 49.2 Å². The van der Waals surface area contributed by atoms with E-state index < -0.39 is 0 Å². The van der Waals surface area contributed by atoms with Gasteiger partial charge < -0.3 is 15.0 Å². The number of nitrogens with zero attached hydrogens (tertiary/aromatic N) is 1. The molecule has 1 aliphatic heterocycles. The van der Waals surface area contributed by atoms with Gasteiger partial charge in [-0.3, -0.25) is 0 Å². The van der Waals surface area contributed by atoms with Gasteiger partial charge in [0.2, 0.25) is 0 Å². The number of hydrogen-bond donors (Lipinski definition) is 1. The summed E-state index contributed by atoms with van der Waals surface area (Å²) < 4.78 is 5.70. The molecular formula is C17H27ClN2O. The average molecular weight is 311 g/mol. The van der Waals surface area contributed by atoms with Gasteiger partial charge in [-0.2, -0.15) is 0 Å². The summed E-state index contributed by atoms with van der Waals surface area (Å²) in [5.41, 5.74) is 2.39. The number of anilines is 1. The molecule has 1 heterocycles. The van der Waals surface area contributed by atoms with Gasteiger partial charge in [-0.1, -0.05) is 31.5 Å². The molecule has 21 heavy (non-hydrogen) atoms. The lowest BCUT2D eigenvalue weighted by molar-refractivity contribution is 0.0459. The lowest BCUT2D eigenvalue weighted by Gasteiger charge is -2.34. The second-order valence-electron chi connectivity index (χ2n) is 5.96. The van der Waals surface area contributed by atoms with Gasteiger partial charge in [-0.05, 0) is 37.5 Å². The van der Waals surface area contributed by atoms with E-state index in [0.717, 1.165) is 49.8 Å². The van der Waals surface area contributed by atoms with Crippen LogP contribution in [0.5, 0.6) is 0 Å². The van der Waals surface area contributed by atoms with Crippen LogP contribution in [-0.2, 0) is 11.3 Å². The molecule has 0 spiro atoms. The van der Waals surface area contributed by atoms with Crippen molar-refractivity contribution in [1.82, 2.24) is 5.32 Å². The van der Waals surface area contributed by atoms with Crippen LogP contribution in [0.2, 0.25) is 5.02 Å². The molecule has 0 atom stereocenters. The summed E-state index contributed by atoms with van der Waals surface area (Å²) in [6, 6.07) is 6.90. The maximum absolute atomic E-state index is 6.47. The van der Waals surface area contributed by atoms with Crippen molar-refractivity contribution in [2.24, 2.45) is 0 Å². The minimum atomic E-state index is 0.416. The van der Waals surface area contributed by atoms with Crippen molar-refractivity contribution >= 4 is 17.3 Å². The molecule has 0 unspecified atom stereocenters. The zero-order valence-electron chi connectivity index (χ0n) is 13.4. The highest BCUT2D eigenvalue weighted by molar-refractivity contribution is 6.33. The fourth-order valence-electron chi connectivity index (χ4n) is 2.74. The van der Waals surface area contributed by atoms with Crippen molar-refractivity contribution in [2.45, 2.75) is 52.3 Å². The Morgan fingerprint density at radius 1 is 1.33 bits per heavy atom. The van der Waals surface area contributed by atoms with Crippen LogP contribution in [-0.4, -0.2) is 31.8 Å². The summed E-state index contributed by atoms with van der Waals surface area (Å²) in [4.78, 5) is 2.37. The first-order valence-electron chi connectivity index (χ1n) is 7.98. The summed E-state index contributed by atoms with van der Waals surface area (Å²) in [5.74, 6) is 0. The normalized spacial score (nSPS) is 16.7. The number of halogens is 1. The first-order chi connectivity index (χ1) is 10.1. The fraction of sp³-hybridized carbons (Fsp3) is 0.647. The highest BCUT2D eigenvalue weighted by atomic mass is 35.5. The van der Waals surface area contributed by atoms with Crippen LogP contribution >= 0.6 is 11.6 Å². The van der Waals surface area contributed by atoms with Crippen molar-refractivity contribution in [3.05, 3.63) is 28.8 Å². The van der Waals surface area contributed by atoms with E-state index in [1.165, 1.54) is 5.56 Å². The van der Waals surface area contributed by atoms with Crippen LogP contribution in [0.3, 0.4) is 0 Å². The molecule has 4 heteroatoms. The highest BCUT2D eigenvalue weighted by Crippen LogP contribution is 2.29. The largest absolute Gasteiger partial charge is 0.378 e. The molecule has 2 rings (SSSR count). The van der Waals surface area contributed by atoms with Crippen LogP contribution in [0, 0.1) is 0 Å². The Bertz CT molecular complexity index is 442. The van der Waals surface area contributed by atoms with Gasteiger partial charge in [0.1, 0.15) is 0 Å². The second-order valence-corrected chi connectivity index (χ2v) is 6.37. The van der Waals surface area contributed by atoms with Gasteiger partial charge in [0.15, 0.2) is 0 Å². The Labute approximate surface area is 133 Å². The highest BCUT2D eigenvalue weighted by Gasteiger charge is 2.20. The van der Waals surface area contributed by atoms with Crippen LogP contribution in [0.15, 0.2) is 18.2 Å². The summed E-state index contributed by atoms with van der Waals surface area (Å²) >= 11 is 6.47. The minimum Gasteiger partial charge on any atom is -0.378 e. The van der Waals surface area contributed by atoms with Crippen LogP contribution in [0.25, 0.3) is 0 Å². The van der Waals surface area contributed by atoms with E-state index in [1.807, 2.05) is 0 Å². The molecule has 0 bridgehead atoms. The average Bonchev–Trinajstić information content (AvgIpc) is 2.47. The Kier molecular flexibility index (Phi) is 6.34. The van der Waals surface area contributed by atoms with Crippen molar-refractivity contribution < 1.29 is 4.74 Å². The quantitative estimate of drug-likeness (QED) is 0.864. The Morgan fingerprint density at radius 3 is 2.62 bits per heavy atom. The van der Waals surface area contributed by atoms with E-state index in [-0.39, 0.29) is 0 Å². The number of hydrogen-bond acceptors (Lipinski definition) is 3. The molecule has 3 nitrogen and oxygen atoms in total. The summed E-state index contributed by atoms with van der Waals surface area (Å²) in [6.07, 6.45) is 2.58. The monoisotopic (exact) mass is 310 g/mol. The molecule has 1 aromatic rings. The van der Waals surface area contributed by atoms with Gasteiger partial charge in [-0.15, -0.1) is 0 Å². The molecule has 1 fully saturated rings. The zero-order valence-corrected chi connectivity index (χ0v) is 14.1. The topological polar surface area (TPSA) is 24.5 Å². The van der Waals surface area contributed by atoms with E-state index >= 15 is 0 Å². The summed E-state index contributed by atoms with van der Waals surface area (Å²) in [7, 11) is 0. The molecule has 1 saturated heterocycles. The Morgan fingerprint density at radius 2 is 2.05 bits per heavy atom. The van der Waals surface area contributed by atoms with Gasteiger partial charge in [0, 0.05) is 32.3 Å². The summed E-state index contributed by atoms with van der Waals surface area (Å²) in [6.45, 7) is 10.1. The lowest BCUT2D eigenvalue weighted by atomic mass is 10.1. The SMILES string of the molecule is CCOC1CCN(c2ccc(CNC(C)C)cc2Cl)CC1. The number of ether oxygens (including phenoxy) is 1. The summed E-state index contributed by atoms with van der Waals surface area (Å²) in [5, 5.41) is 4.27. The Balaban J connectivity index is 1.95. The molecular weight excluding hydrogens is 284 g/mol. The van der Waals surface area contributed by atoms with Crippen LogP contribution in [0.1, 0.15) is 39.2 Å². The number of rotatable bonds is 6. The number of nitrogens with one attached hydrogen (secondary N) is 1.